The van der Waals surface area contributed by atoms with Crippen molar-refractivity contribution in [3.05, 3.63) is 59.7 Å². The number of amides is 1. The van der Waals surface area contributed by atoms with Gasteiger partial charge in [0.1, 0.15) is 5.75 Å². The topological polar surface area (TPSA) is 75.6 Å². The van der Waals surface area contributed by atoms with Gasteiger partial charge in [0.15, 0.2) is 0 Å². The molecular weight excluding hydrogens is 350 g/mol. The summed E-state index contributed by atoms with van der Waals surface area (Å²) in [6.07, 6.45) is 1.81. The van der Waals surface area contributed by atoms with Crippen molar-refractivity contribution in [1.29, 1.82) is 0 Å². The summed E-state index contributed by atoms with van der Waals surface area (Å²) in [6, 6.07) is 14.3. The van der Waals surface area contributed by atoms with Crippen LogP contribution >= 0.6 is 11.8 Å². The molecule has 2 atom stereocenters. The van der Waals surface area contributed by atoms with E-state index in [9.17, 15) is 14.7 Å². The zero-order chi connectivity index (χ0) is 19.1. The Morgan fingerprint density at radius 3 is 2.15 bits per heavy atom. The molecule has 0 fully saturated rings. The predicted molar refractivity (Wildman–Crippen MR) is 103 cm³/mol. The summed E-state index contributed by atoms with van der Waals surface area (Å²) in [5.74, 6) is -0.849. The lowest BCUT2D eigenvalue weighted by atomic mass is 9.98. The van der Waals surface area contributed by atoms with Gasteiger partial charge in [-0.3, -0.25) is 9.59 Å². The van der Waals surface area contributed by atoms with E-state index in [0.29, 0.717) is 0 Å². The van der Waals surface area contributed by atoms with E-state index in [2.05, 4.69) is 5.32 Å². The van der Waals surface area contributed by atoms with Crippen molar-refractivity contribution in [1.82, 2.24) is 5.32 Å². The Labute approximate surface area is 157 Å². The molecule has 6 heteroatoms. The first-order valence-corrected chi connectivity index (χ1v) is 9.47. The number of carboxylic acids is 1. The number of carbonyl (C=O) groups excluding carboxylic acids is 1. The van der Waals surface area contributed by atoms with Gasteiger partial charge in [0.25, 0.3) is 0 Å². The summed E-state index contributed by atoms with van der Waals surface area (Å²) in [6.45, 7) is 1.80. The number of benzene rings is 2. The summed E-state index contributed by atoms with van der Waals surface area (Å²) >= 11 is 1.61. The summed E-state index contributed by atoms with van der Waals surface area (Å²) < 4.78 is 5.13. The van der Waals surface area contributed by atoms with Crippen molar-refractivity contribution in [2.45, 2.75) is 30.2 Å². The molecule has 0 spiro atoms. The molecule has 2 N–H and O–H groups in total. The van der Waals surface area contributed by atoms with Crippen LogP contribution in [-0.4, -0.2) is 30.3 Å². The number of hydrogen-bond donors (Lipinski definition) is 2. The molecule has 0 radical (unpaired) electrons. The van der Waals surface area contributed by atoms with Gasteiger partial charge in [0.05, 0.1) is 25.5 Å². The fourth-order valence-electron chi connectivity index (χ4n) is 2.60. The molecule has 0 aromatic heterocycles. The van der Waals surface area contributed by atoms with Crippen LogP contribution in [0.4, 0.5) is 0 Å². The van der Waals surface area contributed by atoms with Gasteiger partial charge < -0.3 is 15.2 Å². The van der Waals surface area contributed by atoms with Crippen molar-refractivity contribution < 1.29 is 19.4 Å². The lowest BCUT2D eigenvalue weighted by Crippen LogP contribution is -2.33. The molecule has 2 aromatic rings. The summed E-state index contributed by atoms with van der Waals surface area (Å²) in [5.41, 5.74) is 1.62. The average molecular weight is 373 g/mol. The van der Waals surface area contributed by atoms with Crippen LogP contribution in [0, 0.1) is 0 Å². The predicted octanol–water partition coefficient (Wildman–Crippen LogP) is 3.85. The zero-order valence-electron chi connectivity index (χ0n) is 15.1. The lowest BCUT2D eigenvalue weighted by molar-refractivity contribution is -0.137. The first-order valence-electron chi connectivity index (χ1n) is 8.24. The molecule has 0 bridgehead atoms. The van der Waals surface area contributed by atoms with Gasteiger partial charge in [0, 0.05) is 4.90 Å². The largest absolute Gasteiger partial charge is 0.497 e. The first kappa shape index (κ1) is 19.8. The highest BCUT2D eigenvalue weighted by molar-refractivity contribution is 7.98. The van der Waals surface area contributed by atoms with Gasteiger partial charge in [-0.25, -0.2) is 0 Å². The molecule has 0 saturated carbocycles. The van der Waals surface area contributed by atoms with E-state index >= 15 is 0 Å². The second kappa shape index (κ2) is 9.29. The number of carbonyl (C=O) groups is 2. The van der Waals surface area contributed by atoms with Crippen molar-refractivity contribution >= 4 is 23.6 Å². The van der Waals surface area contributed by atoms with Crippen LogP contribution in [0.3, 0.4) is 0 Å². The Morgan fingerprint density at radius 1 is 1.08 bits per heavy atom. The third-order valence-corrected chi connectivity index (χ3v) is 4.97. The minimum atomic E-state index is -0.957. The third kappa shape index (κ3) is 5.26. The second-order valence-corrected chi connectivity index (χ2v) is 6.81. The van der Waals surface area contributed by atoms with Gasteiger partial charge in [-0.05, 0) is 48.6 Å². The molecule has 0 aliphatic rings. The Kier molecular flexibility index (Phi) is 7.09. The monoisotopic (exact) mass is 373 g/mol. The van der Waals surface area contributed by atoms with E-state index in [0.717, 1.165) is 21.8 Å². The molecule has 0 saturated heterocycles. The average Bonchev–Trinajstić information content (AvgIpc) is 2.66. The zero-order valence-corrected chi connectivity index (χ0v) is 15.9. The Bertz CT molecular complexity index is 743. The highest BCUT2D eigenvalue weighted by Gasteiger charge is 2.22. The first-order chi connectivity index (χ1) is 12.4. The Balaban J connectivity index is 2.14. The molecule has 2 unspecified atom stereocenters. The Hall–Kier alpha value is -2.47. The van der Waals surface area contributed by atoms with Crippen LogP contribution < -0.4 is 10.1 Å². The van der Waals surface area contributed by atoms with Gasteiger partial charge in [-0.1, -0.05) is 24.3 Å². The smallest absolute Gasteiger partial charge is 0.305 e. The summed E-state index contributed by atoms with van der Waals surface area (Å²) in [7, 11) is 1.59. The number of methoxy groups -OCH3 is 1. The van der Waals surface area contributed by atoms with Gasteiger partial charge in [0.2, 0.25) is 5.91 Å². The highest BCUT2D eigenvalue weighted by atomic mass is 32.2. The SMILES string of the molecule is COc1ccc(C(C)C(=O)NC(CC(=O)O)c2ccc(SC)cc2)cc1. The van der Waals surface area contributed by atoms with Gasteiger partial charge in [-0.15, -0.1) is 11.8 Å². The molecule has 0 aliphatic carbocycles. The maximum Gasteiger partial charge on any atom is 0.305 e. The van der Waals surface area contributed by atoms with Crippen LogP contribution in [0.5, 0.6) is 5.75 Å². The van der Waals surface area contributed by atoms with Crippen LogP contribution in [0.2, 0.25) is 0 Å². The van der Waals surface area contributed by atoms with E-state index in [1.54, 1.807) is 37.9 Å². The van der Waals surface area contributed by atoms with E-state index in [1.165, 1.54) is 0 Å². The lowest BCUT2D eigenvalue weighted by Gasteiger charge is -2.21. The number of thioether (sulfide) groups is 1. The van der Waals surface area contributed by atoms with E-state index in [1.807, 2.05) is 42.7 Å². The number of nitrogens with one attached hydrogen (secondary N) is 1. The molecule has 1 amide bonds. The molecule has 2 rings (SSSR count). The van der Waals surface area contributed by atoms with E-state index < -0.39 is 17.9 Å². The normalized spacial score (nSPS) is 12.9. The maximum absolute atomic E-state index is 12.6. The third-order valence-electron chi connectivity index (χ3n) is 4.22. The number of rotatable bonds is 8. The number of carboxylic acid groups (broad SMARTS) is 1. The summed E-state index contributed by atoms with van der Waals surface area (Å²) in [5, 5.41) is 12.1. The molecule has 138 valence electrons. The quantitative estimate of drug-likeness (QED) is 0.688. The highest BCUT2D eigenvalue weighted by Crippen LogP contribution is 2.24. The molecule has 5 nitrogen and oxygen atoms in total. The fourth-order valence-corrected chi connectivity index (χ4v) is 3.01. The van der Waals surface area contributed by atoms with Crippen molar-refractivity contribution in [3.8, 4) is 5.75 Å². The molecule has 26 heavy (non-hydrogen) atoms. The van der Waals surface area contributed by atoms with Crippen LogP contribution in [0.15, 0.2) is 53.4 Å². The van der Waals surface area contributed by atoms with E-state index in [4.69, 9.17) is 4.74 Å². The van der Waals surface area contributed by atoms with Crippen molar-refractivity contribution in [2.75, 3.05) is 13.4 Å². The van der Waals surface area contributed by atoms with Crippen LogP contribution in [0.1, 0.15) is 36.4 Å². The minimum absolute atomic E-state index is 0.167. The molecule has 0 aliphatic heterocycles. The van der Waals surface area contributed by atoms with Crippen molar-refractivity contribution in [2.24, 2.45) is 0 Å². The number of hydrogen-bond acceptors (Lipinski definition) is 4. The maximum atomic E-state index is 12.6. The fraction of sp³-hybridized carbons (Fsp3) is 0.300. The van der Waals surface area contributed by atoms with Crippen LogP contribution in [0.25, 0.3) is 0 Å². The van der Waals surface area contributed by atoms with Gasteiger partial charge >= 0.3 is 5.97 Å². The second-order valence-electron chi connectivity index (χ2n) is 5.93. The van der Waals surface area contributed by atoms with Crippen LogP contribution in [-0.2, 0) is 9.59 Å². The molecular formula is C20H23NO4S. The molecule has 0 heterocycles. The van der Waals surface area contributed by atoms with Crippen molar-refractivity contribution in [3.63, 3.8) is 0 Å². The summed E-state index contributed by atoms with van der Waals surface area (Å²) in [4.78, 5) is 25.0. The molecule has 2 aromatic carbocycles. The Morgan fingerprint density at radius 2 is 1.65 bits per heavy atom. The van der Waals surface area contributed by atoms with E-state index in [-0.39, 0.29) is 12.3 Å². The number of aliphatic carboxylic acids is 1. The standard InChI is InChI=1S/C20H23NO4S/c1-13(14-4-8-16(25-2)9-5-14)20(24)21-18(12-19(22)23)15-6-10-17(26-3)11-7-15/h4-11,13,18H,12H2,1-3H3,(H,21,24)(H,22,23). The van der Waals surface area contributed by atoms with Gasteiger partial charge in [-0.2, -0.15) is 0 Å². The number of ether oxygens (including phenoxy) is 1. The minimum Gasteiger partial charge on any atom is -0.497 e.